The molecule has 0 aliphatic heterocycles. The molecule has 0 bridgehead atoms. The lowest BCUT2D eigenvalue weighted by atomic mass is 10.0. The molecule has 26 heavy (non-hydrogen) atoms. The number of halogens is 1. The second-order valence-electron chi connectivity index (χ2n) is 6.22. The second-order valence-corrected chi connectivity index (χ2v) is 7.13. The van der Waals surface area contributed by atoms with Gasteiger partial charge in [0, 0.05) is 35.9 Å². The Labute approximate surface area is 162 Å². The monoisotopic (exact) mass is 417 g/mol. The number of carbonyl (C=O) groups is 2. The van der Waals surface area contributed by atoms with Crippen LogP contribution in [0.5, 0.6) is 0 Å². The molecule has 2 N–H and O–H groups in total. The first-order valence-corrected chi connectivity index (χ1v) is 9.30. The van der Waals surface area contributed by atoms with Crippen molar-refractivity contribution in [2.45, 2.75) is 19.4 Å². The summed E-state index contributed by atoms with van der Waals surface area (Å²) < 4.78 is 1.03. The standard InChI is InChI=1S/C20H24BrN3O2/c1-4-18(14-5-9-16(21)10-6-14)22-13-19(25)23-17-11-7-15(8-12-17)20(26)24(2)3/h5-12,18,22H,4,13H2,1-3H3,(H,23,25)/t18-/m1/s1. The minimum atomic E-state index is -0.118. The van der Waals surface area contributed by atoms with Crippen molar-refractivity contribution in [3.63, 3.8) is 0 Å². The maximum atomic E-state index is 12.2. The van der Waals surface area contributed by atoms with E-state index in [2.05, 4.69) is 33.5 Å². The summed E-state index contributed by atoms with van der Waals surface area (Å²) in [5, 5.41) is 6.13. The predicted molar refractivity (Wildman–Crippen MR) is 108 cm³/mol. The smallest absolute Gasteiger partial charge is 0.253 e. The van der Waals surface area contributed by atoms with Crippen LogP contribution >= 0.6 is 15.9 Å². The fourth-order valence-electron chi connectivity index (χ4n) is 2.57. The molecule has 2 amide bonds. The average molecular weight is 418 g/mol. The van der Waals surface area contributed by atoms with Gasteiger partial charge in [-0.1, -0.05) is 35.0 Å². The van der Waals surface area contributed by atoms with E-state index in [1.807, 2.05) is 24.3 Å². The molecule has 6 heteroatoms. The summed E-state index contributed by atoms with van der Waals surface area (Å²) in [5.41, 5.74) is 2.41. The Morgan fingerprint density at radius 3 is 2.19 bits per heavy atom. The van der Waals surface area contributed by atoms with Gasteiger partial charge in [0.15, 0.2) is 0 Å². The average Bonchev–Trinajstić information content (AvgIpc) is 2.63. The van der Waals surface area contributed by atoms with Gasteiger partial charge in [-0.2, -0.15) is 0 Å². The van der Waals surface area contributed by atoms with Crippen LogP contribution in [0.25, 0.3) is 0 Å². The van der Waals surface area contributed by atoms with Gasteiger partial charge in [-0.05, 0) is 48.4 Å². The number of nitrogens with one attached hydrogen (secondary N) is 2. The summed E-state index contributed by atoms with van der Waals surface area (Å²) in [5.74, 6) is -0.183. The lowest BCUT2D eigenvalue weighted by Gasteiger charge is -2.17. The lowest BCUT2D eigenvalue weighted by molar-refractivity contribution is -0.115. The third kappa shape index (κ3) is 5.68. The number of benzene rings is 2. The fraction of sp³-hybridized carbons (Fsp3) is 0.300. The number of anilines is 1. The number of amides is 2. The van der Waals surface area contributed by atoms with Crippen molar-refractivity contribution in [1.29, 1.82) is 0 Å². The van der Waals surface area contributed by atoms with Crippen molar-refractivity contribution in [3.05, 3.63) is 64.1 Å². The number of carbonyl (C=O) groups excluding carboxylic acids is 2. The van der Waals surface area contributed by atoms with Crippen LogP contribution in [0.15, 0.2) is 53.0 Å². The van der Waals surface area contributed by atoms with Crippen molar-refractivity contribution in [3.8, 4) is 0 Å². The molecule has 5 nitrogen and oxygen atoms in total. The molecule has 0 aromatic heterocycles. The van der Waals surface area contributed by atoms with E-state index in [0.717, 1.165) is 16.5 Å². The molecule has 2 aromatic rings. The molecule has 0 fully saturated rings. The number of hydrogen-bond donors (Lipinski definition) is 2. The SMILES string of the molecule is CC[C@@H](NCC(=O)Nc1ccc(C(=O)N(C)C)cc1)c1ccc(Br)cc1. The van der Waals surface area contributed by atoms with Crippen LogP contribution in [-0.4, -0.2) is 37.4 Å². The van der Waals surface area contributed by atoms with Crippen LogP contribution in [0, 0.1) is 0 Å². The van der Waals surface area contributed by atoms with Crippen LogP contribution in [-0.2, 0) is 4.79 Å². The van der Waals surface area contributed by atoms with Gasteiger partial charge in [0.25, 0.3) is 5.91 Å². The summed E-state index contributed by atoms with van der Waals surface area (Å²) in [6.45, 7) is 2.30. The highest BCUT2D eigenvalue weighted by Gasteiger charge is 2.12. The highest BCUT2D eigenvalue weighted by atomic mass is 79.9. The minimum Gasteiger partial charge on any atom is -0.345 e. The van der Waals surface area contributed by atoms with Crippen LogP contribution in [0.4, 0.5) is 5.69 Å². The number of rotatable bonds is 7. The molecule has 0 saturated heterocycles. The zero-order valence-electron chi connectivity index (χ0n) is 15.3. The Kier molecular flexibility index (Phi) is 7.36. The van der Waals surface area contributed by atoms with Gasteiger partial charge in [0.05, 0.1) is 6.54 Å². The van der Waals surface area contributed by atoms with E-state index in [-0.39, 0.29) is 24.4 Å². The van der Waals surface area contributed by atoms with Crippen molar-refractivity contribution in [1.82, 2.24) is 10.2 Å². The third-order valence-corrected chi connectivity index (χ3v) is 4.54. The highest BCUT2D eigenvalue weighted by Crippen LogP contribution is 2.19. The Balaban J connectivity index is 1.89. The maximum absolute atomic E-state index is 12.2. The van der Waals surface area contributed by atoms with E-state index in [1.54, 1.807) is 38.4 Å². The predicted octanol–water partition coefficient (Wildman–Crippen LogP) is 3.83. The molecule has 138 valence electrons. The van der Waals surface area contributed by atoms with Gasteiger partial charge >= 0.3 is 0 Å². The van der Waals surface area contributed by atoms with E-state index >= 15 is 0 Å². The van der Waals surface area contributed by atoms with Gasteiger partial charge in [-0.15, -0.1) is 0 Å². The molecule has 0 radical (unpaired) electrons. The number of nitrogens with zero attached hydrogens (tertiary/aromatic N) is 1. The van der Waals surface area contributed by atoms with E-state index in [9.17, 15) is 9.59 Å². The van der Waals surface area contributed by atoms with E-state index in [4.69, 9.17) is 0 Å². The van der Waals surface area contributed by atoms with Crippen molar-refractivity contribution in [2.24, 2.45) is 0 Å². The highest BCUT2D eigenvalue weighted by molar-refractivity contribution is 9.10. The van der Waals surface area contributed by atoms with Crippen molar-refractivity contribution >= 4 is 33.4 Å². The first kappa shape index (κ1) is 20.1. The molecule has 0 spiro atoms. The summed E-state index contributed by atoms with van der Waals surface area (Å²) in [7, 11) is 3.42. The van der Waals surface area contributed by atoms with Gasteiger partial charge in [0.2, 0.25) is 5.91 Å². The van der Waals surface area contributed by atoms with E-state index < -0.39 is 0 Å². The topological polar surface area (TPSA) is 61.4 Å². The van der Waals surface area contributed by atoms with Gasteiger partial charge < -0.3 is 15.5 Å². The molecular weight excluding hydrogens is 394 g/mol. The van der Waals surface area contributed by atoms with Crippen molar-refractivity contribution in [2.75, 3.05) is 26.0 Å². The Morgan fingerprint density at radius 2 is 1.65 bits per heavy atom. The molecule has 2 aromatic carbocycles. The summed E-state index contributed by atoms with van der Waals surface area (Å²) in [6, 6.07) is 15.1. The molecule has 0 saturated carbocycles. The van der Waals surface area contributed by atoms with E-state index in [1.165, 1.54) is 4.90 Å². The van der Waals surface area contributed by atoms with Crippen LogP contribution in [0.1, 0.15) is 35.3 Å². The first-order valence-electron chi connectivity index (χ1n) is 8.51. The zero-order chi connectivity index (χ0) is 19.1. The van der Waals surface area contributed by atoms with Crippen LogP contribution in [0.3, 0.4) is 0 Å². The Hall–Kier alpha value is -2.18. The molecule has 1 atom stereocenters. The zero-order valence-corrected chi connectivity index (χ0v) is 16.8. The quantitative estimate of drug-likeness (QED) is 0.719. The first-order chi connectivity index (χ1) is 12.4. The maximum Gasteiger partial charge on any atom is 0.253 e. The van der Waals surface area contributed by atoms with Gasteiger partial charge in [-0.3, -0.25) is 9.59 Å². The molecule has 2 rings (SSSR count). The van der Waals surface area contributed by atoms with Crippen LogP contribution < -0.4 is 10.6 Å². The van der Waals surface area contributed by atoms with Crippen molar-refractivity contribution < 1.29 is 9.59 Å². The minimum absolute atomic E-state index is 0.0650. The molecular formula is C20H24BrN3O2. The van der Waals surface area contributed by atoms with Crippen LogP contribution in [0.2, 0.25) is 0 Å². The summed E-state index contributed by atoms with van der Waals surface area (Å²) >= 11 is 3.43. The third-order valence-electron chi connectivity index (χ3n) is 4.01. The lowest BCUT2D eigenvalue weighted by Crippen LogP contribution is -2.31. The largest absolute Gasteiger partial charge is 0.345 e. The molecule has 0 aliphatic carbocycles. The molecule has 0 unspecified atom stereocenters. The molecule has 0 heterocycles. The summed E-state index contributed by atoms with van der Waals surface area (Å²) in [4.78, 5) is 25.6. The number of hydrogen-bond acceptors (Lipinski definition) is 3. The van der Waals surface area contributed by atoms with Gasteiger partial charge in [-0.25, -0.2) is 0 Å². The van der Waals surface area contributed by atoms with Gasteiger partial charge in [0.1, 0.15) is 0 Å². The Morgan fingerprint density at radius 1 is 1.04 bits per heavy atom. The second kappa shape index (κ2) is 9.50. The molecule has 0 aliphatic rings. The summed E-state index contributed by atoms with van der Waals surface area (Å²) in [6.07, 6.45) is 0.885. The Bertz CT molecular complexity index is 743. The fourth-order valence-corrected chi connectivity index (χ4v) is 2.83. The normalized spacial score (nSPS) is 11.7. The van der Waals surface area contributed by atoms with E-state index in [0.29, 0.717) is 11.3 Å².